The molecule has 1 aromatic rings. The number of hydrogen-bond donors (Lipinski definition) is 0. The fourth-order valence-corrected chi connectivity index (χ4v) is 2.33. The van der Waals surface area contributed by atoms with Crippen LogP contribution in [0.4, 0.5) is 0 Å². The van der Waals surface area contributed by atoms with Crippen molar-refractivity contribution >= 4 is 21.7 Å². The lowest BCUT2D eigenvalue weighted by atomic mass is 10.0. The molecule has 0 aromatic heterocycles. The topological polar surface area (TPSA) is 26.3 Å². The number of carbonyl (C=O) groups excluding carboxylic acids is 1. The summed E-state index contributed by atoms with van der Waals surface area (Å²) in [4.78, 5) is 11.2. The van der Waals surface area contributed by atoms with E-state index >= 15 is 0 Å². The molecule has 0 N–H and O–H groups in total. The van der Waals surface area contributed by atoms with Gasteiger partial charge in [-0.1, -0.05) is 28.1 Å². The number of rotatable bonds is 1. The van der Waals surface area contributed by atoms with Crippen molar-refractivity contribution in [3.8, 4) is 0 Å². The van der Waals surface area contributed by atoms with E-state index < -0.39 is 0 Å². The smallest absolute Gasteiger partial charge is 0.162 e. The highest BCUT2D eigenvalue weighted by molar-refractivity contribution is 9.10. The second-order valence-corrected chi connectivity index (χ2v) is 4.48. The monoisotopic (exact) mass is 266 g/mol. The zero-order valence-corrected chi connectivity index (χ0v) is 9.95. The number of aryl methyl sites for hydroxylation is 1. The van der Waals surface area contributed by atoms with Crippen LogP contribution < -0.4 is 0 Å². The molecule has 1 atom stereocenters. The Morgan fingerprint density at radius 3 is 2.93 bits per heavy atom. The molecule has 3 heteroatoms. The maximum absolute atomic E-state index is 11.2. The zero-order chi connectivity index (χ0) is 10.8. The standard InChI is InChI=1S/C12H11BrO2/c1-8-2-3-10(11(13)6-8)12-7-9(14)4-5-15-12/h2-6,12H,7H2,1H3. The number of ketones is 1. The average Bonchev–Trinajstić information content (AvgIpc) is 2.17. The Labute approximate surface area is 97.1 Å². The highest BCUT2D eigenvalue weighted by atomic mass is 79.9. The highest BCUT2D eigenvalue weighted by Crippen LogP contribution is 2.31. The van der Waals surface area contributed by atoms with Crippen molar-refractivity contribution in [1.29, 1.82) is 0 Å². The molecule has 0 spiro atoms. The van der Waals surface area contributed by atoms with Gasteiger partial charge in [0.15, 0.2) is 5.78 Å². The summed E-state index contributed by atoms with van der Waals surface area (Å²) in [6.45, 7) is 2.03. The Hall–Kier alpha value is -1.09. The summed E-state index contributed by atoms with van der Waals surface area (Å²) < 4.78 is 6.42. The summed E-state index contributed by atoms with van der Waals surface area (Å²) in [6.07, 6.45) is 3.21. The van der Waals surface area contributed by atoms with Gasteiger partial charge in [-0.25, -0.2) is 0 Å². The van der Waals surface area contributed by atoms with Crippen LogP contribution in [0.5, 0.6) is 0 Å². The maximum atomic E-state index is 11.2. The third-order valence-electron chi connectivity index (χ3n) is 2.39. The molecule has 0 bridgehead atoms. The molecule has 1 heterocycles. The van der Waals surface area contributed by atoms with Gasteiger partial charge in [-0.15, -0.1) is 0 Å². The molecule has 1 aromatic carbocycles. The first kappa shape index (κ1) is 10.4. The summed E-state index contributed by atoms with van der Waals surface area (Å²) in [7, 11) is 0. The van der Waals surface area contributed by atoms with Gasteiger partial charge in [0.1, 0.15) is 6.10 Å². The number of carbonyl (C=O) groups is 1. The van der Waals surface area contributed by atoms with Gasteiger partial charge in [-0.2, -0.15) is 0 Å². The van der Waals surface area contributed by atoms with Crippen LogP contribution in [0, 0.1) is 6.92 Å². The zero-order valence-electron chi connectivity index (χ0n) is 8.37. The molecule has 1 unspecified atom stereocenters. The van der Waals surface area contributed by atoms with Crippen LogP contribution in [0.15, 0.2) is 35.0 Å². The van der Waals surface area contributed by atoms with Crippen LogP contribution in [0.3, 0.4) is 0 Å². The van der Waals surface area contributed by atoms with E-state index in [1.807, 2.05) is 25.1 Å². The number of halogens is 1. The highest BCUT2D eigenvalue weighted by Gasteiger charge is 2.20. The largest absolute Gasteiger partial charge is 0.493 e. The lowest BCUT2D eigenvalue weighted by Crippen LogP contribution is -2.11. The molecule has 15 heavy (non-hydrogen) atoms. The quantitative estimate of drug-likeness (QED) is 0.780. The second kappa shape index (κ2) is 4.19. The molecule has 1 aliphatic rings. The van der Waals surface area contributed by atoms with Crippen molar-refractivity contribution in [2.24, 2.45) is 0 Å². The summed E-state index contributed by atoms with van der Waals surface area (Å²) in [5, 5.41) is 0. The number of hydrogen-bond acceptors (Lipinski definition) is 2. The molecule has 1 aliphatic heterocycles. The van der Waals surface area contributed by atoms with E-state index in [1.54, 1.807) is 0 Å². The first-order valence-electron chi connectivity index (χ1n) is 4.78. The van der Waals surface area contributed by atoms with Crippen molar-refractivity contribution < 1.29 is 9.53 Å². The molecule has 0 saturated heterocycles. The van der Waals surface area contributed by atoms with Gasteiger partial charge in [-0.3, -0.25) is 4.79 Å². The van der Waals surface area contributed by atoms with Gasteiger partial charge in [0.2, 0.25) is 0 Å². The number of ether oxygens (including phenoxy) is 1. The first-order valence-corrected chi connectivity index (χ1v) is 5.57. The second-order valence-electron chi connectivity index (χ2n) is 3.62. The molecule has 2 nitrogen and oxygen atoms in total. The minimum absolute atomic E-state index is 0.110. The molecule has 2 rings (SSSR count). The normalized spacial score (nSPS) is 20.1. The van der Waals surface area contributed by atoms with E-state index in [2.05, 4.69) is 15.9 Å². The predicted molar refractivity (Wildman–Crippen MR) is 61.5 cm³/mol. The van der Waals surface area contributed by atoms with Gasteiger partial charge < -0.3 is 4.74 Å². The summed E-state index contributed by atoms with van der Waals surface area (Å²) in [5.74, 6) is 0.110. The third kappa shape index (κ3) is 2.29. The van der Waals surface area contributed by atoms with Gasteiger partial charge in [-0.05, 0) is 18.6 Å². The van der Waals surface area contributed by atoms with E-state index in [-0.39, 0.29) is 11.9 Å². The fraction of sp³-hybridized carbons (Fsp3) is 0.250. The van der Waals surface area contributed by atoms with Crippen molar-refractivity contribution in [3.63, 3.8) is 0 Å². The molecule has 0 aliphatic carbocycles. The van der Waals surface area contributed by atoms with E-state index in [4.69, 9.17) is 4.74 Å². The lowest BCUT2D eigenvalue weighted by molar-refractivity contribution is -0.118. The summed E-state index contributed by atoms with van der Waals surface area (Å²) in [6, 6.07) is 6.05. The maximum Gasteiger partial charge on any atom is 0.162 e. The van der Waals surface area contributed by atoms with Crippen LogP contribution >= 0.6 is 15.9 Å². The lowest BCUT2D eigenvalue weighted by Gasteiger charge is -2.20. The molecule has 0 amide bonds. The average molecular weight is 267 g/mol. The number of benzene rings is 1. The molecule has 78 valence electrons. The Morgan fingerprint density at radius 2 is 2.27 bits per heavy atom. The molecular formula is C12H11BrO2. The molecule has 0 radical (unpaired) electrons. The molecule has 0 fully saturated rings. The van der Waals surface area contributed by atoms with E-state index in [1.165, 1.54) is 17.9 Å². The van der Waals surface area contributed by atoms with Crippen LogP contribution in [0.25, 0.3) is 0 Å². The predicted octanol–water partition coefficient (Wildman–Crippen LogP) is 3.30. The fourth-order valence-electron chi connectivity index (χ4n) is 1.59. The van der Waals surface area contributed by atoms with Crippen molar-refractivity contribution in [2.75, 3.05) is 0 Å². The number of allylic oxidation sites excluding steroid dienone is 1. The van der Waals surface area contributed by atoms with E-state index in [0.717, 1.165) is 10.0 Å². The van der Waals surface area contributed by atoms with Crippen LogP contribution in [-0.4, -0.2) is 5.78 Å². The summed E-state index contributed by atoms with van der Waals surface area (Å²) >= 11 is 3.49. The minimum atomic E-state index is -0.155. The van der Waals surface area contributed by atoms with Gasteiger partial charge >= 0.3 is 0 Å². The first-order chi connectivity index (χ1) is 7.16. The Morgan fingerprint density at radius 1 is 1.47 bits per heavy atom. The van der Waals surface area contributed by atoms with Crippen molar-refractivity contribution in [3.05, 3.63) is 46.1 Å². The Bertz CT molecular complexity index is 424. The van der Waals surface area contributed by atoms with E-state index in [9.17, 15) is 4.79 Å². The minimum Gasteiger partial charge on any atom is -0.493 e. The van der Waals surface area contributed by atoms with E-state index in [0.29, 0.717) is 6.42 Å². The van der Waals surface area contributed by atoms with Gasteiger partial charge in [0.05, 0.1) is 12.7 Å². The molecular weight excluding hydrogens is 256 g/mol. The third-order valence-corrected chi connectivity index (χ3v) is 3.07. The van der Waals surface area contributed by atoms with Gasteiger partial charge in [0, 0.05) is 16.1 Å². The van der Waals surface area contributed by atoms with Crippen LogP contribution in [0.2, 0.25) is 0 Å². The van der Waals surface area contributed by atoms with Crippen LogP contribution in [0.1, 0.15) is 23.7 Å². The van der Waals surface area contributed by atoms with Crippen molar-refractivity contribution in [2.45, 2.75) is 19.4 Å². The SMILES string of the molecule is Cc1ccc(C2CC(=O)C=CO2)c(Br)c1. The van der Waals surface area contributed by atoms with Crippen LogP contribution in [-0.2, 0) is 9.53 Å². The van der Waals surface area contributed by atoms with Gasteiger partial charge in [0.25, 0.3) is 0 Å². The Kier molecular flexibility index (Phi) is 2.91. The Balaban J connectivity index is 2.30. The molecule has 0 saturated carbocycles. The van der Waals surface area contributed by atoms with Crippen molar-refractivity contribution in [1.82, 2.24) is 0 Å². The summed E-state index contributed by atoms with van der Waals surface area (Å²) in [5.41, 5.74) is 2.21.